The highest BCUT2D eigenvalue weighted by Crippen LogP contribution is 2.24. The molecule has 1 aromatic carbocycles. The second-order valence-electron chi connectivity index (χ2n) is 5.90. The van der Waals surface area contributed by atoms with Crippen LogP contribution in [0.5, 0.6) is 6.01 Å². The number of piperidine rings is 1. The van der Waals surface area contributed by atoms with E-state index in [2.05, 4.69) is 9.97 Å². The first kappa shape index (κ1) is 17.8. The molecule has 0 saturated carbocycles. The van der Waals surface area contributed by atoms with Gasteiger partial charge < -0.3 is 4.74 Å². The van der Waals surface area contributed by atoms with Crippen LogP contribution in [0.3, 0.4) is 0 Å². The molecule has 2 aromatic rings. The molecule has 134 valence electrons. The molecule has 8 heteroatoms. The summed E-state index contributed by atoms with van der Waals surface area (Å²) in [4.78, 5) is 7.98. The third kappa shape index (κ3) is 3.96. The Balaban J connectivity index is 1.73. The Morgan fingerprint density at radius 2 is 2.00 bits per heavy atom. The number of benzene rings is 1. The summed E-state index contributed by atoms with van der Waals surface area (Å²) in [7, 11) is -3.89. The highest BCUT2D eigenvalue weighted by molar-refractivity contribution is 7.89. The van der Waals surface area contributed by atoms with E-state index in [9.17, 15) is 12.8 Å². The van der Waals surface area contributed by atoms with Gasteiger partial charge in [-0.25, -0.2) is 22.8 Å². The molecule has 6 nitrogen and oxygen atoms in total. The van der Waals surface area contributed by atoms with Crippen molar-refractivity contribution in [2.24, 2.45) is 0 Å². The molecule has 25 heavy (non-hydrogen) atoms. The summed E-state index contributed by atoms with van der Waals surface area (Å²) in [5, 5.41) is 0. The number of halogens is 1. The van der Waals surface area contributed by atoms with Gasteiger partial charge in [0, 0.05) is 18.9 Å². The molecule has 1 aliphatic rings. The average molecular weight is 365 g/mol. The Bertz CT molecular complexity index is 827. The van der Waals surface area contributed by atoms with Crippen LogP contribution in [0.4, 0.5) is 4.39 Å². The fourth-order valence-electron chi connectivity index (χ4n) is 2.75. The van der Waals surface area contributed by atoms with Gasteiger partial charge >= 0.3 is 6.01 Å². The highest BCUT2D eigenvalue weighted by Gasteiger charge is 2.33. The largest absolute Gasteiger partial charge is 0.459 e. The number of aryl methyl sites for hydroxylation is 1. The van der Waals surface area contributed by atoms with Gasteiger partial charge in [0.1, 0.15) is 16.8 Å². The summed E-state index contributed by atoms with van der Waals surface area (Å²) in [5.41, 5.74) is 1.000. The van der Waals surface area contributed by atoms with Crippen LogP contribution in [0.2, 0.25) is 0 Å². The topological polar surface area (TPSA) is 72.4 Å². The number of aromatic nitrogens is 2. The van der Waals surface area contributed by atoms with Crippen molar-refractivity contribution in [3.8, 4) is 6.01 Å². The molecule has 1 aromatic heterocycles. The van der Waals surface area contributed by atoms with Gasteiger partial charge in [0.05, 0.1) is 6.54 Å². The van der Waals surface area contributed by atoms with Crippen LogP contribution < -0.4 is 4.74 Å². The zero-order valence-electron chi connectivity index (χ0n) is 13.9. The molecule has 0 radical (unpaired) electrons. The van der Waals surface area contributed by atoms with E-state index < -0.39 is 15.8 Å². The molecule has 0 N–H and O–H groups in total. The minimum atomic E-state index is -3.89. The standard InChI is InChI=1S/C17H20FN3O3S/c1-2-13-10-19-17(20-11-13)24-14-6-5-9-21(12-14)25(22,23)16-8-4-3-7-15(16)18/h3-4,7-8,10-11,14H,2,5-6,9,12H2,1H3. The molecule has 0 amide bonds. The maximum absolute atomic E-state index is 13.9. The number of sulfonamides is 1. The lowest BCUT2D eigenvalue weighted by molar-refractivity contribution is 0.119. The molecular formula is C17H20FN3O3S. The van der Waals surface area contributed by atoms with Gasteiger partial charge in [-0.15, -0.1) is 0 Å². The van der Waals surface area contributed by atoms with Crippen LogP contribution in [0, 0.1) is 5.82 Å². The molecule has 1 atom stereocenters. The third-order valence-corrected chi connectivity index (χ3v) is 6.06. The highest BCUT2D eigenvalue weighted by atomic mass is 32.2. The molecule has 1 aliphatic heterocycles. The van der Waals surface area contributed by atoms with Crippen molar-refractivity contribution in [2.45, 2.75) is 37.2 Å². The van der Waals surface area contributed by atoms with E-state index in [4.69, 9.17) is 4.74 Å². The van der Waals surface area contributed by atoms with Crippen molar-refractivity contribution in [3.63, 3.8) is 0 Å². The zero-order chi connectivity index (χ0) is 17.9. The molecule has 1 unspecified atom stereocenters. The zero-order valence-corrected chi connectivity index (χ0v) is 14.7. The van der Waals surface area contributed by atoms with E-state index in [0.29, 0.717) is 19.4 Å². The van der Waals surface area contributed by atoms with Gasteiger partial charge in [-0.2, -0.15) is 4.31 Å². The average Bonchev–Trinajstić information content (AvgIpc) is 2.63. The number of hydrogen-bond donors (Lipinski definition) is 0. The normalized spacial score (nSPS) is 18.9. The Labute approximate surface area is 146 Å². The summed E-state index contributed by atoms with van der Waals surface area (Å²) in [6.07, 6.45) is 5.19. The summed E-state index contributed by atoms with van der Waals surface area (Å²) in [6.45, 7) is 2.49. The van der Waals surface area contributed by atoms with E-state index in [0.717, 1.165) is 18.1 Å². The van der Waals surface area contributed by atoms with Crippen LogP contribution in [0.1, 0.15) is 25.3 Å². The SMILES string of the molecule is CCc1cnc(OC2CCCN(S(=O)(=O)c3ccccc3F)C2)nc1. The van der Waals surface area contributed by atoms with Crippen LogP contribution in [0.15, 0.2) is 41.6 Å². The smallest absolute Gasteiger partial charge is 0.316 e. The fraction of sp³-hybridized carbons (Fsp3) is 0.412. The lowest BCUT2D eigenvalue weighted by Gasteiger charge is -2.31. The van der Waals surface area contributed by atoms with Gasteiger partial charge in [-0.1, -0.05) is 19.1 Å². The first-order valence-corrected chi connectivity index (χ1v) is 9.67. The van der Waals surface area contributed by atoms with E-state index in [1.54, 1.807) is 12.4 Å². The van der Waals surface area contributed by atoms with Gasteiger partial charge in [0.25, 0.3) is 0 Å². The molecule has 2 heterocycles. The summed E-state index contributed by atoms with van der Waals surface area (Å²) >= 11 is 0. The summed E-state index contributed by atoms with van der Waals surface area (Å²) in [6, 6.07) is 5.63. The molecule has 0 spiro atoms. The van der Waals surface area contributed by atoms with E-state index in [1.165, 1.54) is 22.5 Å². The first-order chi connectivity index (χ1) is 12.0. The van der Waals surface area contributed by atoms with E-state index in [-0.39, 0.29) is 23.6 Å². The first-order valence-electron chi connectivity index (χ1n) is 8.23. The fourth-order valence-corrected chi connectivity index (χ4v) is 4.32. The summed E-state index contributed by atoms with van der Waals surface area (Å²) < 4.78 is 46.3. The van der Waals surface area contributed by atoms with Crippen molar-refractivity contribution < 1.29 is 17.5 Å². The Kier molecular flexibility index (Phi) is 5.29. The van der Waals surface area contributed by atoms with Gasteiger partial charge in [0.15, 0.2) is 0 Å². The maximum atomic E-state index is 13.9. The van der Waals surface area contributed by atoms with Crippen molar-refractivity contribution in [3.05, 3.63) is 48.0 Å². The van der Waals surface area contributed by atoms with Crippen LogP contribution in [-0.4, -0.2) is 41.9 Å². The van der Waals surface area contributed by atoms with Crippen molar-refractivity contribution in [2.75, 3.05) is 13.1 Å². The van der Waals surface area contributed by atoms with E-state index >= 15 is 0 Å². The predicted octanol–water partition coefficient (Wildman–Crippen LogP) is 2.41. The van der Waals surface area contributed by atoms with Crippen molar-refractivity contribution >= 4 is 10.0 Å². The lowest BCUT2D eigenvalue weighted by atomic mass is 10.1. The number of rotatable bonds is 5. The van der Waals surface area contributed by atoms with Crippen molar-refractivity contribution in [1.29, 1.82) is 0 Å². The molecular weight excluding hydrogens is 345 g/mol. The molecule has 3 rings (SSSR count). The van der Waals surface area contributed by atoms with Crippen LogP contribution >= 0.6 is 0 Å². The second kappa shape index (κ2) is 7.45. The van der Waals surface area contributed by atoms with Crippen molar-refractivity contribution in [1.82, 2.24) is 14.3 Å². The summed E-state index contributed by atoms with van der Waals surface area (Å²) in [5.74, 6) is -0.746. The predicted molar refractivity (Wildman–Crippen MR) is 90.2 cm³/mol. The molecule has 1 saturated heterocycles. The third-order valence-electron chi connectivity index (χ3n) is 4.16. The monoisotopic (exact) mass is 365 g/mol. The quantitative estimate of drug-likeness (QED) is 0.814. The molecule has 0 aliphatic carbocycles. The molecule has 0 bridgehead atoms. The second-order valence-corrected chi connectivity index (χ2v) is 7.81. The van der Waals surface area contributed by atoms with Gasteiger partial charge in [0.2, 0.25) is 10.0 Å². The van der Waals surface area contributed by atoms with Crippen LogP contribution in [0.25, 0.3) is 0 Å². The van der Waals surface area contributed by atoms with Gasteiger partial charge in [-0.05, 0) is 37.0 Å². The number of ether oxygens (including phenoxy) is 1. The Morgan fingerprint density at radius 3 is 2.68 bits per heavy atom. The van der Waals surface area contributed by atoms with Crippen LogP contribution in [-0.2, 0) is 16.4 Å². The minimum absolute atomic E-state index is 0.148. The lowest BCUT2D eigenvalue weighted by Crippen LogP contribution is -2.44. The number of nitrogens with zero attached hydrogens (tertiary/aromatic N) is 3. The maximum Gasteiger partial charge on any atom is 0.316 e. The van der Waals surface area contributed by atoms with E-state index in [1.807, 2.05) is 6.92 Å². The number of hydrogen-bond acceptors (Lipinski definition) is 5. The Morgan fingerprint density at radius 1 is 1.28 bits per heavy atom. The Hall–Kier alpha value is -2.06. The van der Waals surface area contributed by atoms with Gasteiger partial charge in [-0.3, -0.25) is 0 Å². The molecule has 1 fully saturated rings. The minimum Gasteiger partial charge on any atom is -0.459 e.